The Hall–Kier alpha value is -3.75. The Bertz CT molecular complexity index is 806. The number of nitrogens with one attached hydrogen (secondary N) is 2. The molecule has 1 atom stereocenters. The van der Waals surface area contributed by atoms with Gasteiger partial charge in [0.15, 0.2) is 0 Å². The summed E-state index contributed by atoms with van der Waals surface area (Å²) in [6.07, 6.45) is -0.721. The van der Waals surface area contributed by atoms with Gasteiger partial charge in [0.1, 0.15) is 6.04 Å². The number of hydrogen-bond acceptors (Lipinski definition) is 5. The molecule has 0 spiro atoms. The highest BCUT2D eigenvalue weighted by Gasteiger charge is 2.22. The van der Waals surface area contributed by atoms with E-state index >= 15 is 0 Å². The number of carboxylic acid groups (broad SMARTS) is 2. The molecule has 0 aliphatic carbocycles. The van der Waals surface area contributed by atoms with E-state index in [-0.39, 0.29) is 0 Å². The first kappa shape index (κ1) is 18.6. The summed E-state index contributed by atoms with van der Waals surface area (Å²) in [5, 5.41) is 30.2. The summed E-state index contributed by atoms with van der Waals surface area (Å²) in [6, 6.07) is 13.2. The molecule has 26 heavy (non-hydrogen) atoms. The first-order valence-corrected chi connectivity index (χ1v) is 7.53. The molecule has 0 fully saturated rings. The average molecular weight is 356 g/mol. The van der Waals surface area contributed by atoms with Crippen LogP contribution < -0.4 is 10.6 Å². The number of amides is 2. The summed E-state index contributed by atoms with van der Waals surface area (Å²) in [7, 11) is 0. The first-order chi connectivity index (χ1) is 12.4. The number of aliphatic carboxylic acids is 2. The number of hydrogen-bond donors (Lipinski definition) is 4. The molecule has 134 valence electrons. The lowest BCUT2D eigenvalue weighted by Crippen LogP contribution is -2.44. The van der Waals surface area contributed by atoms with Crippen LogP contribution in [0.1, 0.15) is 6.42 Å². The van der Waals surface area contributed by atoms with Crippen LogP contribution in [0.15, 0.2) is 64.8 Å². The van der Waals surface area contributed by atoms with E-state index in [9.17, 15) is 14.4 Å². The summed E-state index contributed by atoms with van der Waals surface area (Å²) >= 11 is 0. The van der Waals surface area contributed by atoms with E-state index in [4.69, 9.17) is 10.2 Å². The minimum Gasteiger partial charge on any atom is -0.481 e. The van der Waals surface area contributed by atoms with E-state index in [0.29, 0.717) is 17.1 Å². The number of azo groups is 1. The van der Waals surface area contributed by atoms with E-state index < -0.39 is 30.4 Å². The molecular weight excluding hydrogens is 340 g/mol. The fourth-order valence-corrected chi connectivity index (χ4v) is 1.92. The molecule has 0 saturated heterocycles. The molecule has 0 bridgehead atoms. The molecule has 0 saturated carbocycles. The Morgan fingerprint density at radius 2 is 1.46 bits per heavy atom. The molecule has 0 aromatic heterocycles. The Balaban J connectivity index is 1.93. The van der Waals surface area contributed by atoms with Crippen LogP contribution >= 0.6 is 0 Å². The van der Waals surface area contributed by atoms with Gasteiger partial charge in [-0.2, -0.15) is 10.2 Å². The van der Waals surface area contributed by atoms with Crippen molar-refractivity contribution in [1.29, 1.82) is 0 Å². The number of carboxylic acids is 2. The van der Waals surface area contributed by atoms with Crippen molar-refractivity contribution in [3.05, 3.63) is 54.6 Å². The number of benzene rings is 2. The van der Waals surface area contributed by atoms with Gasteiger partial charge in [0.05, 0.1) is 17.8 Å². The fourth-order valence-electron chi connectivity index (χ4n) is 1.92. The maximum absolute atomic E-state index is 11.8. The van der Waals surface area contributed by atoms with Gasteiger partial charge in [-0.25, -0.2) is 9.59 Å². The van der Waals surface area contributed by atoms with Crippen molar-refractivity contribution in [2.75, 3.05) is 5.32 Å². The average Bonchev–Trinajstić information content (AvgIpc) is 2.61. The highest BCUT2D eigenvalue weighted by atomic mass is 16.4. The van der Waals surface area contributed by atoms with Crippen molar-refractivity contribution in [1.82, 2.24) is 5.32 Å². The first-order valence-electron chi connectivity index (χ1n) is 7.53. The van der Waals surface area contributed by atoms with Crippen molar-refractivity contribution in [3.63, 3.8) is 0 Å². The van der Waals surface area contributed by atoms with E-state index in [1.165, 1.54) is 0 Å². The second-order valence-corrected chi connectivity index (χ2v) is 5.17. The minimum atomic E-state index is -1.52. The van der Waals surface area contributed by atoms with E-state index in [1.54, 1.807) is 36.4 Å². The quantitative estimate of drug-likeness (QED) is 0.564. The summed E-state index contributed by atoms with van der Waals surface area (Å²) in [5.41, 5.74) is 1.65. The van der Waals surface area contributed by atoms with Crippen LogP contribution in [-0.4, -0.2) is 34.2 Å². The zero-order valence-corrected chi connectivity index (χ0v) is 13.5. The lowest BCUT2D eigenvalue weighted by atomic mass is 10.2. The van der Waals surface area contributed by atoms with Gasteiger partial charge in [0.2, 0.25) is 0 Å². The molecule has 0 heterocycles. The SMILES string of the molecule is O=C(O)CC(NC(=O)Nc1ccc(N=Nc2ccccc2)cc1)C(=O)O. The second kappa shape index (κ2) is 8.92. The van der Waals surface area contributed by atoms with Crippen LogP contribution in [0.4, 0.5) is 21.9 Å². The van der Waals surface area contributed by atoms with Crippen LogP contribution in [0.2, 0.25) is 0 Å². The molecule has 2 aromatic rings. The number of carbonyl (C=O) groups excluding carboxylic acids is 1. The molecule has 2 rings (SSSR count). The summed E-state index contributed by atoms with van der Waals surface area (Å²) in [4.78, 5) is 33.3. The molecule has 0 radical (unpaired) electrons. The van der Waals surface area contributed by atoms with E-state index in [1.807, 2.05) is 18.2 Å². The smallest absolute Gasteiger partial charge is 0.326 e. The number of nitrogens with zero attached hydrogens (tertiary/aromatic N) is 2. The Labute approximate surface area is 148 Å². The normalized spacial score (nSPS) is 11.7. The third-order valence-electron chi connectivity index (χ3n) is 3.14. The van der Waals surface area contributed by atoms with Crippen molar-refractivity contribution in [2.45, 2.75) is 12.5 Å². The van der Waals surface area contributed by atoms with E-state index in [2.05, 4.69) is 20.9 Å². The number of carbonyl (C=O) groups is 3. The Morgan fingerprint density at radius 1 is 0.885 bits per heavy atom. The molecule has 9 heteroatoms. The van der Waals surface area contributed by atoms with E-state index in [0.717, 1.165) is 0 Å². The van der Waals surface area contributed by atoms with Crippen LogP contribution in [0, 0.1) is 0 Å². The van der Waals surface area contributed by atoms with Gasteiger partial charge in [-0.3, -0.25) is 4.79 Å². The Kier molecular flexibility index (Phi) is 6.38. The van der Waals surface area contributed by atoms with Crippen molar-refractivity contribution < 1.29 is 24.6 Å². The lowest BCUT2D eigenvalue weighted by Gasteiger charge is -2.13. The topological polar surface area (TPSA) is 140 Å². The fraction of sp³-hybridized carbons (Fsp3) is 0.118. The van der Waals surface area contributed by atoms with Gasteiger partial charge >= 0.3 is 18.0 Å². The zero-order chi connectivity index (χ0) is 18.9. The van der Waals surface area contributed by atoms with Crippen molar-refractivity contribution in [2.24, 2.45) is 10.2 Å². The monoisotopic (exact) mass is 356 g/mol. The van der Waals surface area contributed by atoms with Gasteiger partial charge in [-0.05, 0) is 36.4 Å². The minimum absolute atomic E-state index is 0.389. The molecule has 9 nitrogen and oxygen atoms in total. The summed E-state index contributed by atoms with van der Waals surface area (Å²) in [5.74, 6) is -2.76. The molecule has 0 aliphatic rings. The molecule has 2 aromatic carbocycles. The largest absolute Gasteiger partial charge is 0.481 e. The molecule has 4 N–H and O–H groups in total. The standard InChI is InChI=1S/C17H16N4O5/c22-15(23)10-14(16(24)25)19-17(26)18-11-6-8-13(9-7-11)21-20-12-4-2-1-3-5-12/h1-9,14H,10H2,(H,22,23)(H,24,25)(H2,18,19,26). The van der Waals surface area contributed by atoms with Gasteiger partial charge in [0, 0.05) is 5.69 Å². The molecular formula is C17H16N4O5. The maximum atomic E-state index is 11.8. The Morgan fingerprint density at radius 3 is 2.00 bits per heavy atom. The number of anilines is 1. The van der Waals surface area contributed by atoms with Crippen LogP contribution in [0.3, 0.4) is 0 Å². The highest BCUT2D eigenvalue weighted by molar-refractivity contribution is 5.93. The van der Waals surface area contributed by atoms with Gasteiger partial charge in [-0.1, -0.05) is 18.2 Å². The highest BCUT2D eigenvalue weighted by Crippen LogP contribution is 2.19. The number of rotatable bonds is 7. The molecule has 2 amide bonds. The predicted molar refractivity (Wildman–Crippen MR) is 92.9 cm³/mol. The van der Waals surface area contributed by atoms with Crippen LogP contribution in [0.25, 0.3) is 0 Å². The molecule has 0 aliphatic heterocycles. The summed E-state index contributed by atoms with van der Waals surface area (Å²) in [6.45, 7) is 0. The second-order valence-electron chi connectivity index (χ2n) is 5.17. The van der Waals surface area contributed by atoms with Crippen LogP contribution in [0.5, 0.6) is 0 Å². The summed E-state index contributed by atoms with van der Waals surface area (Å²) < 4.78 is 0. The van der Waals surface area contributed by atoms with Gasteiger partial charge < -0.3 is 20.8 Å². The third kappa shape index (κ3) is 6.04. The van der Waals surface area contributed by atoms with Crippen LogP contribution in [-0.2, 0) is 9.59 Å². The molecule has 1 unspecified atom stereocenters. The van der Waals surface area contributed by atoms with Crippen molar-refractivity contribution >= 4 is 35.0 Å². The third-order valence-corrected chi connectivity index (χ3v) is 3.14. The van der Waals surface area contributed by atoms with Crippen molar-refractivity contribution in [3.8, 4) is 0 Å². The zero-order valence-electron chi connectivity index (χ0n) is 13.5. The number of urea groups is 1. The lowest BCUT2D eigenvalue weighted by molar-refractivity contribution is -0.145. The predicted octanol–water partition coefficient (Wildman–Crippen LogP) is 3.15. The van der Waals surface area contributed by atoms with Gasteiger partial charge in [0.25, 0.3) is 0 Å². The van der Waals surface area contributed by atoms with Gasteiger partial charge in [-0.15, -0.1) is 0 Å². The maximum Gasteiger partial charge on any atom is 0.326 e.